The first-order valence-electron chi connectivity index (χ1n) is 7.56. The van der Waals surface area contributed by atoms with Crippen LogP contribution in [-0.2, 0) is 9.53 Å². The molecular formula is C19H16ClNO3. The Kier molecular flexibility index (Phi) is 4.67. The summed E-state index contributed by atoms with van der Waals surface area (Å²) in [6.45, 7) is 3.94. The summed E-state index contributed by atoms with van der Waals surface area (Å²) in [7, 11) is 0. The maximum atomic E-state index is 12.0. The van der Waals surface area contributed by atoms with E-state index in [0.717, 1.165) is 11.3 Å². The first-order valence-corrected chi connectivity index (χ1v) is 7.94. The normalized spacial score (nSPS) is 15.6. The molecule has 0 aliphatic carbocycles. The Bertz CT molecular complexity index is 823. The highest BCUT2D eigenvalue weighted by Crippen LogP contribution is 2.22. The fourth-order valence-electron chi connectivity index (χ4n) is 2.23. The summed E-state index contributed by atoms with van der Waals surface area (Å²) in [6.07, 6.45) is 1.79. The zero-order valence-electron chi connectivity index (χ0n) is 13.3. The van der Waals surface area contributed by atoms with Crippen LogP contribution in [-0.4, -0.2) is 18.0 Å². The van der Waals surface area contributed by atoms with E-state index in [0.29, 0.717) is 10.6 Å². The number of nitrogens with zero attached hydrogens (tertiary/aromatic N) is 1. The molecule has 0 aromatic heterocycles. The van der Waals surface area contributed by atoms with Gasteiger partial charge in [0.05, 0.1) is 6.10 Å². The van der Waals surface area contributed by atoms with E-state index in [-0.39, 0.29) is 17.7 Å². The summed E-state index contributed by atoms with van der Waals surface area (Å²) in [5.41, 5.74) is 1.76. The van der Waals surface area contributed by atoms with Crippen molar-refractivity contribution < 1.29 is 14.3 Å². The first kappa shape index (κ1) is 16.3. The second kappa shape index (κ2) is 6.89. The SMILES string of the molecule is CC(C)Oc1ccc(C=C2N=C(c3cccc(Cl)c3)OC2=O)cc1. The number of benzene rings is 2. The van der Waals surface area contributed by atoms with Crippen molar-refractivity contribution >= 4 is 29.5 Å². The summed E-state index contributed by atoms with van der Waals surface area (Å²) in [4.78, 5) is 16.3. The molecule has 2 aromatic carbocycles. The van der Waals surface area contributed by atoms with E-state index >= 15 is 0 Å². The number of halogens is 1. The lowest BCUT2D eigenvalue weighted by Gasteiger charge is -2.09. The van der Waals surface area contributed by atoms with Crippen LogP contribution in [0.25, 0.3) is 6.08 Å². The first-order chi connectivity index (χ1) is 11.5. The fraction of sp³-hybridized carbons (Fsp3) is 0.158. The number of rotatable bonds is 4. The van der Waals surface area contributed by atoms with Crippen LogP contribution in [0.3, 0.4) is 0 Å². The molecule has 0 amide bonds. The van der Waals surface area contributed by atoms with Crippen molar-refractivity contribution in [3.05, 3.63) is 70.4 Å². The van der Waals surface area contributed by atoms with E-state index in [2.05, 4.69) is 4.99 Å². The molecule has 1 aliphatic heterocycles. The lowest BCUT2D eigenvalue weighted by Crippen LogP contribution is -2.05. The molecule has 0 saturated heterocycles. The van der Waals surface area contributed by atoms with Gasteiger partial charge in [0.1, 0.15) is 5.75 Å². The minimum Gasteiger partial charge on any atom is -0.491 e. The van der Waals surface area contributed by atoms with E-state index < -0.39 is 5.97 Å². The van der Waals surface area contributed by atoms with Crippen LogP contribution in [0.4, 0.5) is 0 Å². The number of hydrogen-bond acceptors (Lipinski definition) is 4. The molecule has 24 heavy (non-hydrogen) atoms. The van der Waals surface area contributed by atoms with Crippen molar-refractivity contribution in [1.29, 1.82) is 0 Å². The van der Waals surface area contributed by atoms with Crippen molar-refractivity contribution in [2.45, 2.75) is 20.0 Å². The number of cyclic esters (lactones) is 1. The van der Waals surface area contributed by atoms with E-state index in [9.17, 15) is 4.79 Å². The van der Waals surface area contributed by atoms with Gasteiger partial charge in [-0.25, -0.2) is 9.79 Å². The zero-order chi connectivity index (χ0) is 17.1. The third kappa shape index (κ3) is 3.84. The van der Waals surface area contributed by atoms with Gasteiger partial charge in [-0.05, 0) is 55.8 Å². The topological polar surface area (TPSA) is 47.9 Å². The number of esters is 1. The zero-order valence-corrected chi connectivity index (χ0v) is 14.1. The second-order valence-electron chi connectivity index (χ2n) is 5.58. The number of ether oxygens (including phenoxy) is 2. The van der Waals surface area contributed by atoms with Gasteiger partial charge >= 0.3 is 5.97 Å². The molecule has 0 unspecified atom stereocenters. The average molecular weight is 342 g/mol. The molecule has 2 aromatic rings. The number of aliphatic imine (C=N–C) groups is 1. The number of hydrogen-bond donors (Lipinski definition) is 0. The monoisotopic (exact) mass is 341 g/mol. The third-order valence-corrected chi connectivity index (χ3v) is 3.48. The van der Waals surface area contributed by atoms with Gasteiger partial charge in [-0.15, -0.1) is 0 Å². The van der Waals surface area contributed by atoms with Gasteiger partial charge in [0.2, 0.25) is 5.90 Å². The quantitative estimate of drug-likeness (QED) is 0.609. The van der Waals surface area contributed by atoms with Crippen molar-refractivity contribution in [3.8, 4) is 5.75 Å². The Labute approximate surface area is 145 Å². The second-order valence-corrected chi connectivity index (χ2v) is 6.02. The van der Waals surface area contributed by atoms with E-state index in [4.69, 9.17) is 21.1 Å². The molecule has 122 valence electrons. The van der Waals surface area contributed by atoms with Crippen LogP contribution in [0.2, 0.25) is 5.02 Å². The van der Waals surface area contributed by atoms with E-state index in [1.165, 1.54) is 0 Å². The molecule has 0 bridgehead atoms. The van der Waals surface area contributed by atoms with Gasteiger partial charge in [-0.1, -0.05) is 29.8 Å². The van der Waals surface area contributed by atoms with Crippen LogP contribution in [0.1, 0.15) is 25.0 Å². The van der Waals surface area contributed by atoms with Crippen LogP contribution in [0.5, 0.6) is 5.75 Å². The average Bonchev–Trinajstić information content (AvgIpc) is 2.90. The largest absolute Gasteiger partial charge is 0.491 e. The Balaban J connectivity index is 1.83. The van der Waals surface area contributed by atoms with Crippen molar-refractivity contribution in [3.63, 3.8) is 0 Å². The minimum atomic E-state index is -0.479. The van der Waals surface area contributed by atoms with Crippen LogP contribution in [0.15, 0.2) is 59.2 Å². The lowest BCUT2D eigenvalue weighted by atomic mass is 10.2. The van der Waals surface area contributed by atoms with E-state index in [1.54, 1.807) is 30.3 Å². The number of carbonyl (C=O) groups excluding carboxylic acids is 1. The van der Waals surface area contributed by atoms with Gasteiger partial charge in [0.25, 0.3) is 0 Å². The predicted molar refractivity (Wildman–Crippen MR) is 94.3 cm³/mol. The molecule has 1 aliphatic rings. The Hall–Kier alpha value is -2.59. The molecule has 1 heterocycles. The Morgan fingerprint density at radius 1 is 1.17 bits per heavy atom. The molecule has 0 spiro atoms. The molecule has 5 heteroatoms. The summed E-state index contributed by atoms with van der Waals surface area (Å²) < 4.78 is 10.8. The van der Waals surface area contributed by atoms with Gasteiger partial charge in [-0.3, -0.25) is 0 Å². The molecule has 0 fully saturated rings. The maximum absolute atomic E-state index is 12.0. The van der Waals surface area contributed by atoms with Gasteiger partial charge in [-0.2, -0.15) is 0 Å². The number of carbonyl (C=O) groups is 1. The third-order valence-electron chi connectivity index (χ3n) is 3.25. The maximum Gasteiger partial charge on any atom is 0.363 e. The van der Waals surface area contributed by atoms with Crippen LogP contribution in [0, 0.1) is 0 Å². The Morgan fingerprint density at radius 2 is 1.92 bits per heavy atom. The standard InChI is InChI=1S/C19H16ClNO3/c1-12(2)23-16-8-6-13(7-9-16)10-17-19(22)24-18(21-17)14-4-3-5-15(20)11-14/h3-12H,1-2H3. The highest BCUT2D eigenvalue weighted by Gasteiger charge is 2.24. The van der Waals surface area contributed by atoms with E-state index in [1.807, 2.05) is 38.1 Å². The lowest BCUT2D eigenvalue weighted by molar-refractivity contribution is -0.129. The van der Waals surface area contributed by atoms with Gasteiger partial charge in [0, 0.05) is 10.6 Å². The predicted octanol–water partition coefficient (Wildman–Crippen LogP) is 4.47. The highest BCUT2D eigenvalue weighted by molar-refractivity contribution is 6.31. The van der Waals surface area contributed by atoms with Crippen molar-refractivity contribution in [2.24, 2.45) is 4.99 Å². The summed E-state index contributed by atoms with van der Waals surface area (Å²) >= 11 is 5.95. The smallest absolute Gasteiger partial charge is 0.363 e. The van der Waals surface area contributed by atoms with Crippen molar-refractivity contribution in [1.82, 2.24) is 0 Å². The highest BCUT2D eigenvalue weighted by atomic mass is 35.5. The minimum absolute atomic E-state index is 0.115. The summed E-state index contributed by atoms with van der Waals surface area (Å²) in [5, 5.41) is 0.560. The fourth-order valence-corrected chi connectivity index (χ4v) is 2.42. The molecule has 0 atom stereocenters. The molecule has 4 nitrogen and oxygen atoms in total. The molecule has 0 N–H and O–H groups in total. The van der Waals surface area contributed by atoms with Crippen LogP contribution < -0.4 is 4.74 Å². The molecule has 3 rings (SSSR count). The molecule has 0 saturated carbocycles. The summed E-state index contributed by atoms with van der Waals surface area (Å²) in [5.74, 6) is 0.560. The Morgan fingerprint density at radius 3 is 2.58 bits per heavy atom. The van der Waals surface area contributed by atoms with Gasteiger partial charge in [0.15, 0.2) is 5.70 Å². The molecular weight excluding hydrogens is 326 g/mol. The van der Waals surface area contributed by atoms with Crippen LogP contribution >= 0.6 is 11.6 Å². The van der Waals surface area contributed by atoms with Crippen molar-refractivity contribution in [2.75, 3.05) is 0 Å². The molecule has 0 radical (unpaired) electrons. The summed E-state index contributed by atoms with van der Waals surface area (Å²) in [6, 6.07) is 14.5. The van der Waals surface area contributed by atoms with Gasteiger partial charge < -0.3 is 9.47 Å².